The Balaban J connectivity index is 3.11. The van der Waals surface area contributed by atoms with Crippen LogP contribution in [0.3, 0.4) is 0 Å². The standard InChI is InChI=1S/C12H18O/c1-8(2)10-5-6-12(13)11(7-10)9(3)4/h5-9,13H,1-4H3/p-1. The van der Waals surface area contributed by atoms with Gasteiger partial charge in [0, 0.05) is 0 Å². The second-order valence-corrected chi connectivity index (χ2v) is 4.11. The predicted molar refractivity (Wildman–Crippen MR) is 54.1 cm³/mol. The maximum atomic E-state index is 11.4. The second-order valence-electron chi connectivity index (χ2n) is 4.11. The Labute approximate surface area is 80.4 Å². The van der Waals surface area contributed by atoms with E-state index in [9.17, 15) is 5.11 Å². The van der Waals surface area contributed by atoms with Gasteiger partial charge in [0.15, 0.2) is 0 Å². The summed E-state index contributed by atoms with van der Waals surface area (Å²) in [6.07, 6.45) is 0. The van der Waals surface area contributed by atoms with E-state index < -0.39 is 0 Å². The van der Waals surface area contributed by atoms with Gasteiger partial charge < -0.3 is 5.11 Å². The molecule has 0 N–H and O–H groups in total. The molecule has 0 amide bonds. The van der Waals surface area contributed by atoms with Crippen LogP contribution in [0.15, 0.2) is 18.2 Å². The van der Waals surface area contributed by atoms with Crippen LogP contribution in [0.2, 0.25) is 0 Å². The van der Waals surface area contributed by atoms with Crippen LogP contribution < -0.4 is 5.11 Å². The lowest BCUT2D eigenvalue weighted by atomic mass is 9.95. The molecule has 1 nitrogen and oxygen atoms in total. The molecule has 0 fully saturated rings. The topological polar surface area (TPSA) is 23.1 Å². The van der Waals surface area contributed by atoms with Crippen LogP contribution >= 0.6 is 0 Å². The molecule has 0 aromatic heterocycles. The molecule has 1 rings (SSSR count). The third kappa shape index (κ3) is 2.24. The van der Waals surface area contributed by atoms with Crippen molar-refractivity contribution in [3.05, 3.63) is 29.3 Å². The summed E-state index contributed by atoms with van der Waals surface area (Å²) in [5.74, 6) is 0.990. The molecule has 0 spiro atoms. The third-order valence-corrected chi connectivity index (χ3v) is 2.32. The van der Waals surface area contributed by atoms with Gasteiger partial charge in [0.25, 0.3) is 0 Å². The number of rotatable bonds is 2. The Morgan fingerprint density at radius 3 is 2.08 bits per heavy atom. The second kappa shape index (κ2) is 3.82. The van der Waals surface area contributed by atoms with Crippen LogP contribution in [0.4, 0.5) is 0 Å². The van der Waals surface area contributed by atoms with Crippen molar-refractivity contribution in [3.8, 4) is 5.75 Å². The lowest BCUT2D eigenvalue weighted by Gasteiger charge is -2.19. The van der Waals surface area contributed by atoms with Gasteiger partial charge in [-0.1, -0.05) is 51.5 Å². The van der Waals surface area contributed by atoms with Gasteiger partial charge in [0.1, 0.15) is 0 Å². The molecule has 1 aromatic rings. The van der Waals surface area contributed by atoms with Gasteiger partial charge in [-0.05, 0) is 17.4 Å². The minimum absolute atomic E-state index is 0.166. The van der Waals surface area contributed by atoms with E-state index in [0.29, 0.717) is 11.8 Å². The summed E-state index contributed by atoms with van der Waals surface area (Å²) < 4.78 is 0. The Kier molecular flexibility index (Phi) is 2.97. The van der Waals surface area contributed by atoms with Crippen molar-refractivity contribution >= 4 is 0 Å². The Bertz CT molecular complexity index is 287. The molecule has 1 aromatic carbocycles. The molecule has 0 saturated heterocycles. The van der Waals surface area contributed by atoms with Crippen LogP contribution in [0.1, 0.15) is 50.7 Å². The van der Waals surface area contributed by atoms with Crippen LogP contribution in [0, 0.1) is 0 Å². The summed E-state index contributed by atoms with van der Waals surface area (Å²) in [4.78, 5) is 0. The fourth-order valence-electron chi connectivity index (χ4n) is 1.38. The van der Waals surface area contributed by atoms with Gasteiger partial charge in [0.2, 0.25) is 0 Å². The van der Waals surface area contributed by atoms with Gasteiger partial charge in [-0.15, -0.1) is 5.75 Å². The fourth-order valence-corrected chi connectivity index (χ4v) is 1.38. The molecule has 0 aliphatic heterocycles. The molecule has 0 heterocycles. The first-order valence-corrected chi connectivity index (χ1v) is 4.83. The molecule has 0 radical (unpaired) electrons. The Morgan fingerprint density at radius 2 is 1.62 bits per heavy atom. The van der Waals surface area contributed by atoms with Gasteiger partial charge in [0.05, 0.1) is 0 Å². The summed E-state index contributed by atoms with van der Waals surface area (Å²) in [6, 6.07) is 5.65. The van der Waals surface area contributed by atoms with Crippen molar-refractivity contribution in [2.75, 3.05) is 0 Å². The quantitative estimate of drug-likeness (QED) is 0.681. The Morgan fingerprint density at radius 1 is 1.00 bits per heavy atom. The molecule has 0 saturated carbocycles. The van der Waals surface area contributed by atoms with Gasteiger partial charge >= 0.3 is 0 Å². The molecule has 1 heteroatoms. The highest BCUT2D eigenvalue weighted by molar-refractivity contribution is 5.38. The van der Waals surface area contributed by atoms with Crippen molar-refractivity contribution in [1.29, 1.82) is 0 Å². The molecule has 0 unspecified atom stereocenters. The first-order chi connectivity index (χ1) is 6.02. The molecule has 72 valence electrons. The maximum Gasteiger partial charge on any atom is -0.0219 e. The van der Waals surface area contributed by atoms with E-state index >= 15 is 0 Å². The maximum absolute atomic E-state index is 11.4. The van der Waals surface area contributed by atoms with Gasteiger partial charge in [-0.2, -0.15) is 0 Å². The minimum atomic E-state index is 0.166. The van der Waals surface area contributed by atoms with Crippen LogP contribution in [-0.2, 0) is 0 Å². The van der Waals surface area contributed by atoms with E-state index in [1.54, 1.807) is 6.07 Å². The van der Waals surface area contributed by atoms with E-state index in [0.717, 1.165) is 5.56 Å². The van der Waals surface area contributed by atoms with Crippen molar-refractivity contribution in [2.24, 2.45) is 0 Å². The molecule has 0 bridgehead atoms. The molecule has 13 heavy (non-hydrogen) atoms. The SMILES string of the molecule is CC(C)c1ccc([O-])c(C(C)C)c1. The highest BCUT2D eigenvalue weighted by Crippen LogP contribution is 2.26. The van der Waals surface area contributed by atoms with Crippen molar-refractivity contribution in [3.63, 3.8) is 0 Å². The smallest absolute Gasteiger partial charge is 0.0219 e. The van der Waals surface area contributed by atoms with Gasteiger partial charge in [-0.25, -0.2) is 0 Å². The van der Waals surface area contributed by atoms with Crippen LogP contribution in [0.5, 0.6) is 5.75 Å². The molecule has 0 aliphatic carbocycles. The van der Waals surface area contributed by atoms with Crippen LogP contribution in [0.25, 0.3) is 0 Å². The number of hydrogen-bond donors (Lipinski definition) is 0. The minimum Gasteiger partial charge on any atom is -0.872 e. The molecular weight excluding hydrogens is 160 g/mol. The number of hydrogen-bond acceptors (Lipinski definition) is 1. The predicted octanol–water partition coefficient (Wildman–Crippen LogP) is 3.01. The van der Waals surface area contributed by atoms with E-state index in [4.69, 9.17) is 0 Å². The van der Waals surface area contributed by atoms with Crippen molar-refractivity contribution in [1.82, 2.24) is 0 Å². The zero-order valence-corrected chi connectivity index (χ0v) is 8.79. The number of benzene rings is 1. The van der Waals surface area contributed by atoms with E-state index in [2.05, 4.69) is 27.7 Å². The average Bonchev–Trinajstić information content (AvgIpc) is 2.04. The van der Waals surface area contributed by atoms with Crippen LogP contribution in [-0.4, -0.2) is 0 Å². The van der Waals surface area contributed by atoms with E-state index in [1.165, 1.54) is 5.56 Å². The first kappa shape index (κ1) is 10.1. The summed E-state index contributed by atoms with van der Waals surface area (Å²) in [7, 11) is 0. The third-order valence-electron chi connectivity index (χ3n) is 2.32. The molecule has 0 aliphatic rings. The summed E-state index contributed by atoms with van der Waals surface area (Å²) in [5, 5.41) is 11.4. The highest BCUT2D eigenvalue weighted by atomic mass is 16.3. The fraction of sp³-hybridized carbons (Fsp3) is 0.500. The molecule has 0 atom stereocenters. The van der Waals surface area contributed by atoms with Crippen molar-refractivity contribution < 1.29 is 5.11 Å². The zero-order chi connectivity index (χ0) is 10.0. The highest BCUT2D eigenvalue weighted by Gasteiger charge is 2.03. The lowest BCUT2D eigenvalue weighted by molar-refractivity contribution is -0.269. The normalized spacial score (nSPS) is 11.2. The largest absolute Gasteiger partial charge is 0.872 e. The monoisotopic (exact) mass is 177 g/mol. The van der Waals surface area contributed by atoms with Crippen molar-refractivity contribution in [2.45, 2.75) is 39.5 Å². The van der Waals surface area contributed by atoms with Gasteiger partial charge in [-0.3, -0.25) is 0 Å². The Hall–Kier alpha value is -0.980. The summed E-state index contributed by atoms with van der Waals surface area (Å²) in [5.41, 5.74) is 2.19. The van der Waals surface area contributed by atoms with E-state index in [1.807, 2.05) is 12.1 Å². The molecular formula is C12H17O-. The first-order valence-electron chi connectivity index (χ1n) is 4.83. The lowest BCUT2D eigenvalue weighted by Crippen LogP contribution is -2.00. The summed E-state index contributed by atoms with van der Waals surface area (Å²) >= 11 is 0. The summed E-state index contributed by atoms with van der Waals surface area (Å²) in [6.45, 7) is 8.40. The van der Waals surface area contributed by atoms with E-state index in [-0.39, 0.29) is 5.75 Å². The zero-order valence-electron chi connectivity index (χ0n) is 8.79. The average molecular weight is 177 g/mol.